The molecule has 0 aromatic heterocycles. The molecule has 8 aromatic carbocycles. The third-order valence-corrected chi connectivity index (χ3v) is 7.99. The molecule has 0 aliphatic rings. The van der Waals surface area contributed by atoms with E-state index in [9.17, 15) is 0 Å². The van der Waals surface area contributed by atoms with E-state index in [-0.39, 0.29) is 0 Å². The van der Waals surface area contributed by atoms with Gasteiger partial charge in [0.25, 0.3) is 0 Å². The van der Waals surface area contributed by atoms with Gasteiger partial charge in [0.2, 0.25) is 0 Å². The van der Waals surface area contributed by atoms with Gasteiger partial charge in [0.15, 0.2) is 0 Å². The monoisotopic (exact) mass is 480 g/mol. The highest BCUT2D eigenvalue weighted by molar-refractivity contribution is 6.22. The molecule has 0 heteroatoms. The lowest BCUT2D eigenvalue weighted by atomic mass is 9.85. The van der Waals surface area contributed by atoms with E-state index in [1.54, 1.807) is 0 Å². The molecule has 8 aromatic rings. The molecule has 0 amide bonds. The van der Waals surface area contributed by atoms with E-state index in [0.717, 1.165) is 0 Å². The molecule has 0 fully saturated rings. The summed E-state index contributed by atoms with van der Waals surface area (Å²) in [6.45, 7) is 0. The quantitative estimate of drug-likeness (QED) is 0.170. The Morgan fingerprint density at radius 2 is 0.711 bits per heavy atom. The largest absolute Gasteiger partial charge is 0.0622 e. The summed E-state index contributed by atoms with van der Waals surface area (Å²) in [4.78, 5) is 0. The van der Waals surface area contributed by atoms with Crippen molar-refractivity contribution in [2.24, 2.45) is 0 Å². The van der Waals surface area contributed by atoms with Crippen molar-refractivity contribution < 1.29 is 0 Å². The topological polar surface area (TPSA) is 0 Å². The fraction of sp³-hybridized carbons (Fsp3) is 0. The predicted molar refractivity (Wildman–Crippen MR) is 165 cm³/mol. The second-order valence-corrected chi connectivity index (χ2v) is 10.1. The van der Waals surface area contributed by atoms with Crippen molar-refractivity contribution in [3.05, 3.63) is 146 Å². The molecule has 0 heterocycles. The molecule has 0 aliphatic carbocycles. The van der Waals surface area contributed by atoms with Crippen LogP contribution in [0.5, 0.6) is 0 Å². The van der Waals surface area contributed by atoms with Gasteiger partial charge in [-0.15, -0.1) is 0 Å². The van der Waals surface area contributed by atoms with Gasteiger partial charge in [0.1, 0.15) is 0 Å². The van der Waals surface area contributed by atoms with Gasteiger partial charge in [0.05, 0.1) is 0 Å². The molecule has 0 saturated carbocycles. The minimum absolute atomic E-state index is 1.25. The Morgan fingerprint density at radius 1 is 0.237 bits per heavy atom. The average Bonchev–Trinajstić information content (AvgIpc) is 2.99. The van der Waals surface area contributed by atoms with Crippen LogP contribution in [0.4, 0.5) is 0 Å². The highest BCUT2D eigenvalue weighted by atomic mass is 14.2. The second-order valence-electron chi connectivity index (χ2n) is 10.1. The second kappa shape index (κ2) is 8.30. The molecule has 0 radical (unpaired) electrons. The molecule has 0 spiro atoms. The van der Waals surface area contributed by atoms with Gasteiger partial charge in [0, 0.05) is 0 Å². The van der Waals surface area contributed by atoms with Gasteiger partial charge in [-0.1, -0.05) is 127 Å². The van der Waals surface area contributed by atoms with Crippen LogP contribution in [0.2, 0.25) is 0 Å². The minimum Gasteiger partial charge on any atom is -0.0622 e. The SMILES string of the molecule is c1ccc(-c2c3ccccc3c(-c3ccc4ccc5cc6ccccc6cc5c4c3)c3ccccc23)cc1. The zero-order valence-electron chi connectivity index (χ0n) is 20.9. The lowest BCUT2D eigenvalue weighted by Gasteiger charge is -2.18. The maximum atomic E-state index is 2.41. The summed E-state index contributed by atoms with van der Waals surface area (Å²) in [7, 11) is 0. The highest BCUT2D eigenvalue weighted by Crippen LogP contribution is 2.44. The Balaban J connectivity index is 1.49. The Kier molecular flexibility index (Phi) is 4.62. The third kappa shape index (κ3) is 3.17. The summed E-state index contributed by atoms with van der Waals surface area (Å²) in [5.74, 6) is 0. The van der Waals surface area contributed by atoms with Gasteiger partial charge in [-0.2, -0.15) is 0 Å². The van der Waals surface area contributed by atoms with Gasteiger partial charge < -0.3 is 0 Å². The van der Waals surface area contributed by atoms with E-state index in [4.69, 9.17) is 0 Å². The molecular formula is C38H24. The highest BCUT2D eigenvalue weighted by Gasteiger charge is 2.16. The van der Waals surface area contributed by atoms with Crippen LogP contribution in [0.25, 0.3) is 76.1 Å². The van der Waals surface area contributed by atoms with Crippen LogP contribution >= 0.6 is 0 Å². The van der Waals surface area contributed by atoms with Crippen LogP contribution in [-0.4, -0.2) is 0 Å². The zero-order chi connectivity index (χ0) is 25.1. The average molecular weight is 481 g/mol. The van der Waals surface area contributed by atoms with Crippen molar-refractivity contribution in [2.75, 3.05) is 0 Å². The first-order valence-corrected chi connectivity index (χ1v) is 13.2. The minimum atomic E-state index is 1.25. The fourth-order valence-electron chi connectivity index (χ4n) is 6.25. The standard InChI is InChI=1S/C38H24/c1-2-10-26(11-3-1)37-31-14-6-8-16-33(31)38(34-17-9-7-15-32(34)37)30-21-19-25-18-20-29-22-27-12-4-5-13-28(27)23-36(29)35(25)24-30/h1-24H. The van der Waals surface area contributed by atoms with E-state index in [1.807, 2.05) is 0 Å². The number of fused-ring (bicyclic) bond motifs is 6. The molecule has 0 aliphatic heterocycles. The molecule has 0 atom stereocenters. The van der Waals surface area contributed by atoms with Crippen molar-refractivity contribution in [3.8, 4) is 22.3 Å². The van der Waals surface area contributed by atoms with Crippen molar-refractivity contribution in [1.82, 2.24) is 0 Å². The number of rotatable bonds is 2. The third-order valence-electron chi connectivity index (χ3n) is 7.99. The number of hydrogen-bond donors (Lipinski definition) is 0. The Labute approximate surface area is 221 Å². The van der Waals surface area contributed by atoms with Crippen LogP contribution in [0, 0.1) is 0 Å². The first kappa shape index (κ1) is 21.2. The summed E-state index contributed by atoms with van der Waals surface area (Å²) in [5.41, 5.74) is 5.11. The Morgan fingerprint density at radius 3 is 1.37 bits per heavy atom. The normalized spacial score (nSPS) is 11.7. The van der Waals surface area contributed by atoms with E-state index in [1.165, 1.54) is 76.1 Å². The van der Waals surface area contributed by atoms with Crippen LogP contribution in [0.3, 0.4) is 0 Å². The van der Waals surface area contributed by atoms with Crippen LogP contribution in [0.1, 0.15) is 0 Å². The van der Waals surface area contributed by atoms with E-state index in [2.05, 4.69) is 146 Å². The maximum Gasteiger partial charge on any atom is -0.00261 e. The lowest BCUT2D eigenvalue weighted by molar-refractivity contribution is 1.66. The number of hydrogen-bond acceptors (Lipinski definition) is 0. The summed E-state index contributed by atoms with van der Waals surface area (Å²) in [6, 6.07) is 53.4. The Bertz CT molecular complexity index is 2110. The smallest absolute Gasteiger partial charge is 0.00261 e. The first-order chi connectivity index (χ1) is 18.8. The summed E-state index contributed by atoms with van der Waals surface area (Å²) in [5, 5.41) is 12.9. The van der Waals surface area contributed by atoms with Gasteiger partial charge in [-0.25, -0.2) is 0 Å². The van der Waals surface area contributed by atoms with Crippen molar-refractivity contribution >= 4 is 53.9 Å². The van der Waals surface area contributed by atoms with Crippen molar-refractivity contribution in [1.29, 1.82) is 0 Å². The van der Waals surface area contributed by atoms with Crippen LogP contribution < -0.4 is 0 Å². The first-order valence-electron chi connectivity index (χ1n) is 13.2. The van der Waals surface area contributed by atoms with E-state index >= 15 is 0 Å². The van der Waals surface area contributed by atoms with E-state index < -0.39 is 0 Å². The molecular weight excluding hydrogens is 456 g/mol. The summed E-state index contributed by atoms with van der Waals surface area (Å²) >= 11 is 0. The molecule has 0 N–H and O–H groups in total. The summed E-state index contributed by atoms with van der Waals surface area (Å²) < 4.78 is 0. The molecule has 8 rings (SSSR count). The van der Waals surface area contributed by atoms with Crippen LogP contribution in [0.15, 0.2) is 146 Å². The van der Waals surface area contributed by atoms with Crippen molar-refractivity contribution in [3.63, 3.8) is 0 Å². The molecule has 0 unspecified atom stereocenters. The van der Waals surface area contributed by atoms with Gasteiger partial charge >= 0.3 is 0 Å². The lowest BCUT2D eigenvalue weighted by Crippen LogP contribution is -1.91. The Hall–Kier alpha value is -4.94. The predicted octanol–water partition coefficient (Wildman–Crippen LogP) is 10.8. The molecule has 0 nitrogen and oxygen atoms in total. The maximum absolute atomic E-state index is 2.41. The van der Waals surface area contributed by atoms with Gasteiger partial charge in [-0.3, -0.25) is 0 Å². The molecule has 176 valence electrons. The zero-order valence-corrected chi connectivity index (χ0v) is 20.9. The molecule has 0 saturated heterocycles. The fourth-order valence-corrected chi connectivity index (χ4v) is 6.25. The van der Waals surface area contributed by atoms with Crippen molar-refractivity contribution in [2.45, 2.75) is 0 Å². The molecule has 0 bridgehead atoms. The summed E-state index contributed by atoms with van der Waals surface area (Å²) in [6.07, 6.45) is 0. The van der Waals surface area contributed by atoms with Crippen LogP contribution in [-0.2, 0) is 0 Å². The van der Waals surface area contributed by atoms with E-state index in [0.29, 0.717) is 0 Å². The molecule has 38 heavy (non-hydrogen) atoms. The number of benzene rings is 8. The van der Waals surface area contributed by atoms with Gasteiger partial charge in [-0.05, 0) is 94.3 Å².